The minimum Gasteiger partial charge on any atom is -0.364 e. The second-order valence-electron chi connectivity index (χ2n) is 3.97. The maximum absolute atomic E-state index is 6.01. The molecule has 0 saturated carbocycles. The lowest BCUT2D eigenvalue weighted by Crippen LogP contribution is -2.20. The second kappa shape index (κ2) is 4.33. The van der Waals surface area contributed by atoms with Gasteiger partial charge in [-0.1, -0.05) is 29.3 Å². The zero-order chi connectivity index (χ0) is 11.8. The van der Waals surface area contributed by atoms with Crippen LogP contribution in [-0.2, 0) is 17.9 Å². The Hall–Kier alpha value is -1.03. The van der Waals surface area contributed by atoms with Gasteiger partial charge in [0.05, 0.1) is 16.6 Å². The van der Waals surface area contributed by atoms with Crippen LogP contribution < -0.4 is 0 Å². The number of fused-ring (bicyclic) bond motifs is 1. The third kappa shape index (κ3) is 2.06. The summed E-state index contributed by atoms with van der Waals surface area (Å²) in [6, 6.07) is 5.60. The van der Waals surface area contributed by atoms with Crippen molar-refractivity contribution in [2.45, 2.75) is 19.3 Å². The van der Waals surface area contributed by atoms with Gasteiger partial charge in [0.2, 0.25) is 0 Å². The molecule has 1 unspecified atom stereocenters. The first-order valence-electron chi connectivity index (χ1n) is 5.30. The van der Waals surface area contributed by atoms with Gasteiger partial charge in [-0.05, 0) is 17.7 Å². The predicted octanol–water partition coefficient (Wildman–Crippen LogP) is 3.46. The van der Waals surface area contributed by atoms with Crippen molar-refractivity contribution < 1.29 is 4.74 Å². The van der Waals surface area contributed by atoms with Crippen molar-refractivity contribution in [2.24, 2.45) is 0 Å². The van der Waals surface area contributed by atoms with E-state index >= 15 is 0 Å². The van der Waals surface area contributed by atoms with E-state index in [0.29, 0.717) is 16.7 Å². The lowest BCUT2D eigenvalue weighted by atomic mass is 10.1. The molecule has 3 rings (SSSR count). The van der Waals surface area contributed by atoms with Gasteiger partial charge in [-0.25, -0.2) is 4.98 Å². The fourth-order valence-electron chi connectivity index (χ4n) is 1.97. The van der Waals surface area contributed by atoms with E-state index in [1.807, 2.05) is 18.3 Å². The number of nitrogens with zero attached hydrogens (tertiary/aromatic N) is 2. The Bertz CT molecular complexity index is 553. The third-order valence-electron chi connectivity index (χ3n) is 2.89. The molecule has 3 nitrogen and oxygen atoms in total. The van der Waals surface area contributed by atoms with E-state index < -0.39 is 0 Å². The van der Waals surface area contributed by atoms with Crippen molar-refractivity contribution in [3.63, 3.8) is 0 Å². The van der Waals surface area contributed by atoms with Gasteiger partial charge in [-0.2, -0.15) is 0 Å². The third-order valence-corrected chi connectivity index (χ3v) is 3.63. The predicted molar refractivity (Wildman–Crippen MR) is 66.2 cm³/mol. The molecule has 1 aromatic carbocycles. The normalized spacial score (nSPS) is 19.1. The smallest absolute Gasteiger partial charge is 0.134 e. The van der Waals surface area contributed by atoms with Crippen molar-refractivity contribution in [1.82, 2.24) is 9.55 Å². The first-order valence-corrected chi connectivity index (χ1v) is 6.06. The molecule has 0 amide bonds. The molecule has 88 valence electrons. The summed E-state index contributed by atoms with van der Waals surface area (Å²) in [6.07, 6.45) is 3.75. The first-order chi connectivity index (χ1) is 8.24. The Morgan fingerprint density at radius 1 is 1.29 bits per heavy atom. The van der Waals surface area contributed by atoms with Crippen LogP contribution in [0.2, 0.25) is 10.0 Å². The van der Waals surface area contributed by atoms with Crippen LogP contribution in [0.1, 0.15) is 17.5 Å². The molecule has 0 fully saturated rings. The van der Waals surface area contributed by atoms with Crippen LogP contribution in [-0.4, -0.2) is 9.55 Å². The van der Waals surface area contributed by atoms with Gasteiger partial charge >= 0.3 is 0 Å². The topological polar surface area (TPSA) is 27.1 Å². The molecule has 0 aliphatic carbocycles. The Kier molecular flexibility index (Phi) is 2.82. The summed E-state index contributed by atoms with van der Waals surface area (Å²) in [5.41, 5.74) is 1.04. The van der Waals surface area contributed by atoms with Gasteiger partial charge < -0.3 is 9.30 Å². The molecule has 1 aromatic heterocycles. The van der Waals surface area contributed by atoms with Crippen LogP contribution in [0.25, 0.3) is 0 Å². The van der Waals surface area contributed by atoms with Crippen molar-refractivity contribution in [1.29, 1.82) is 0 Å². The number of rotatable bonds is 1. The number of hydrogen-bond donors (Lipinski definition) is 0. The van der Waals surface area contributed by atoms with Gasteiger partial charge in [0.1, 0.15) is 18.5 Å². The number of halogens is 2. The fourth-order valence-corrected chi connectivity index (χ4v) is 2.27. The highest BCUT2D eigenvalue weighted by Crippen LogP contribution is 2.30. The van der Waals surface area contributed by atoms with Gasteiger partial charge in [-0.3, -0.25) is 0 Å². The number of imidazole rings is 1. The van der Waals surface area contributed by atoms with Crippen LogP contribution in [0.4, 0.5) is 0 Å². The van der Waals surface area contributed by atoms with Gasteiger partial charge in [0.15, 0.2) is 0 Å². The first kappa shape index (κ1) is 11.1. The van der Waals surface area contributed by atoms with Crippen LogP contribution in [0.5, 0.6) is 0 Å². The molecule has 0 spiro atoms. The number of hydrogen-bond acceptors (Lipinski definition) is 2. The van der Waals surface area contributed by atoms with E-state index in [-0.39, 0.29) is 6.10 Å². The quantitative estimate of drug-likeness (QED) is 0.792. The fraction of sp³-hybridized carbons (Fsp3) is 0.250. The summed E-state index contributed by atoms with van der Waals surface area (Å²) < 4.78 is 7.85. The van der Waals surface area contributed by atoms with E-state index in [4.69, 9.17) is 27.9 Å². The highest BCUT2D eigenvalue weighted by Gasteiger charge is 2.21. The monoisotopic (exact) mass is 268 g/mol. The molecule has 1 aliphatic rings. The average Bonchev–Trinajstić information content (AvgIpc) is 2.79. The number of benzene rings is 1. The molecule has 2 heterocycles. The van der Waals surface area contributed by atoms with E-state index in [2.05, 4.69) is 9.55 Å². The minimum absolute atomic E-state index is 0.00599. The molecular weight excluding hydrogens is 259 g/mol. The lowest BCUT2D eigenvalue weighted by molar-refractivity contribution is 0.000496. The molecule has 1 aliphatic heterocycles. The maximum Gasteiger partial charge on any atom is 0.134 e. The molecule has 5 heteroatoms. The molecular formula is C12H10Cl2N2O. The maximum atomic E-state index is 6.01. The van der Waals surface area contributed by atoms with Crippen molar-refractivity contribution in [3.8, 4) is 0 Å². The van der Waals surface area contributed by atoms with Crippen LogP contribution in [0, 0.1) is 0 Å². The summed E-state index contributed by atoms with van der Waals surface area (Å²) in [6.45, 7) is 1.28. The second-order valence-corrected chi connectivity index (χ2v) is 4.78. The highest BCUT2D eigenvalue weighted by atomic mass is 35.5. The Morgan fingerprint density at radius 2 is 2.18 bits per heavy atom. The summed E-state index contributed by atoms with van der Waals surface area (Å²) in [5.74, 6) is 0.960. The zero-order valence-corrected chi connectivity index (χ0v) is 10.4. The van der Waals surface area contributed by atoms with Crippen LogP contribution in [0.3, 0.4) is 0 Å². The lowest BCUT2D eigenvalue weighted by Gasteiger charge is -2.25. The molecule has 0 radical (unpaired) electrons. The van der Waals surface area contributed by atoms with Gasteiger partial charge in [0.25, 0.3) is 0 Å². The highest BCUT2D eigenvalue weighted by molar-refractivity contribution is 6.42. The molecule has 2 aromatic rings. The van der Waals surface area contributed by atoms with Crippen LogP contribution >= 0.6 is 23.2 Å². The summed E-state index contributed by atoms with van der Waals surface area (Å²) in [7, 11) is 0. The average molecular weight is 269 g/mol. The standard InChI is InChI=1S/C12H10Cl2N2O/c13-9-2-1-8(5-10(9)14)11-6-16-4-3-15-12(16)7-17-11/h1-5,11H,6-7H2. The molecule has 0 saturated heterocycles. The summed E-state index contributed by atoms with van der Waals surface area (Å²) in [4.78, 5) is 4.21. The largest absolute Gasteiger partial charge is 0.364 e. The SMILES string of the molecule is Clc1ccc(C2Cn3ccnc3CO2)cc1Cl. The summed E-state index contributed by atoms with van der Waals surface area (Å²) >= 11 is 11.9. The Labute approximate surface area is 109 Å². The zero-order valence-electron chi connectivity index (χ0n) is 8.94. The number of aromatic nitrogens is 2. The van der Waals surface area contributed by atoms with Crippen molar-refractivity contribution >= 4 is 23.2 Å². The molecule has 0 bridgehead atoms. The van der Waals surface area contributed by atoms with E-state index in [1.54, 1.807) is 12.3 Å². The van der Waals surface area contributed by atoms with E-state index in [0.717, 1.165) is 17.9 Å². The van der Waals surface area contributed by atoms with Gasteiger partial charge in [0, 0.05) is 12.4 Å². The Morgan fingerprint density at radius 3 is 3.00 bits per heavy atom. The van der Waals surface area contributed by atoms with E-state index in [1.165, 1.54) is 0 Å². The van der Waals surface area contributed by atoms with Gasteiger partial charge in [-0.15, -0.1) is 0 Å². The van der Waals surface area contributed by atoms with E-state index in [9.17, 15) is 0 Å². The summed E-state index contributed by atoms with van der Waals surface area (Å²) in [5, 5.41) is 1.12. The molecule has 0 N–H and O–H groups in total. The minimum atomic E-state index is 0.00599. The number of ether oxygens (including phenoxy) is 1. The van der Waals surface area contributed by atoms with Crippen molar-refractivity contribution in [3.05, 3.63) is 52.0 Å². The Balaban J connectivity index is 1.89. The molecule has 1 atom stereocenters. The van der Waals surface area contributed by atoms with Crippen LogP contribution in [0.15, 0.2) is 30.6 Å². The molecule has 17 heavy (non-hydrogen) atoms. The van der Waals surface area contributed by atoms with Crippen molar-refractivity contribution in [2.75, 3.05) is 0 Å².